The average Bonchev–Trinajstić information content (AvgIpc) is 3.57. The average molecular weight is 603 g/mol. The van der Waals surface area contributed by atoms with E-state index in [1.165, 1.54) is 0 Å². The molecule has 1 nitrogen and oxygen atoms in total. The summed E-state index contributed by atoms with van der Waals surface area (Å²) in [5.74, 6) is 0. The molecule has 0 aliphatic carbocycles. The van der Waals surface area contributed by atoms with Gasteiger partial charge in [-0.3, -0.25) is 0 Å². The molecule has 0 amide bonds. The standard InChI is InChI=1S/C46H28O/c1-2-12-29(13-3-1)33-26-31-15-5-6-16-34(31)42(28-33)45-38-20-10-8-18-36(38)44(37-19-9-11-21-39(37)45)32-23-25-43-41(27-32)40-24-22-30-14-4-7-17-35(30)46(40)47-43/h1-28H/i5D,6D,15D,16D,26D,28D. The fraction of sp³-hybridized carbons (Fsp3) is 0. The van der Waals surface area contributed by atoms with E-state index in [0.29, 0.717) is 22.3 Å². The Hall–Kier alpha value is -6.18. The molecule has 0 unspecified atom stereocenters. The van der Waals surface area contributed by atoms with Crippen LogP contribution in [0.25, 0.3) is 98.4 Å². The zero-order valence-electron chi connectivity index (χ0n) is 31.1. The highest BCUT2D eigenvalue weighted by molar-refractivity contribution is 6.24. The van der Waals surface area contributed by atoms with Crippen LogP contribution in [0, 0.1) is 0 Å². The van der Waals surface area contributed by atoms with Crippen LogP contribution < -0.4 is 0 Å². The van der Waals surface area contributed by atoms with Crippen molar-refractivity contribution in [1.82, 2.24) is 0 Å². The van der Waals surface area contributed by atoms with Gasteiger partial charge in [0.2, 0.25) is 0 Å². The minimum Gasteiger partial charge on any atom is -0.455 e. The molecule has 1 aromatic heterocycles. The molecule has 0 aliphatic heterocycles. The summed E-state index contributed by atoms with van der Waals surface area (Å²) >= 11 is 0. The Balaban J connectivity index is 1.36. The topological polar surface area (TPSA) is 13.1 Å². The Morgan fingerprint density at radius 2 is 1.06 bits per heavy atom. The maximum absolute atomic E-state index is 9.83. The van der Waals surface area contributed by atoms with Gasteiger partial charge < -0.3 is 4.42 Å². The summed E-state index contributed by atoms with van der Waals surface area (Å²) in [4.78, 5) is 0. The maximum atomic E-state index is 9.83. The molecular formula is C46H28O. The quantitative estimate of drug-likeness (QED) is 0.183. The molecule has 0 N–H and O–H groups in total. The van der Waals surface area contributed by atoms with Crippen molar-refractivity contribution in [3.05, 3.63) is 170 Å². The van der Waals surface area contributed by atoms with Gasteiger partial charge in [-0.1, -0.05) is 139 Å². The molecule has 0 atom stereocenters. The van der Waals surface area contributed by atoms with Crippen molar-refractivity contribution in [2.24, 2.45) is 0 Å². The van der Waals surface area contributed by atoms with Gasteiger partial charge in [0, 0.05) is 16.2 Å². The first kappa shape index (κ1) is 20.8. The third-order valence-corrected chi connectivity index (χ3v) is 9.33. The minimum atomic E-state index is -0.404. The second-order valence-corrected chi connectivity index (χ2v) is 11.9. The first-order valence-corrected chi connectivity index (χ1v) is 15.7. The molecule has 9 aromatic carbocycles. The van der Waals surface area contributed by atoms with Gasteiger partial charge in [-0.05, 0) is 101 Å². The third kappa shape index (κ3) is 3.97. The monoisotopic (exact) mass is 602 g/mol. The smallest absolute Gasteiger partial charge is 0.143 e. The molecule has 10 rings (SSSR count). The van der Waals surface area contributed by atoms with Crippen LogP contribution in [0.2, 0.25) is 0 Å². The predicted molar refractivity (Wildman–Crippen MR) is 200 cm³/mol. The molecule has 0 aliphatic rings. The van der Waals surface area contributed by atoms with Gasteiger partial charge >= 0.3 is 0 Å². The lowest BCUT2D eigenvalue weighted by molar-refractivity contribution is 0.672. The molecule has 0 spiro atoms. The van der Waals surface area contributed by atoms with Crippen LogP contribution in [0.5, 0.6) is 0 Å². The van der Waals surface area contributed by atoms with Crippen molar-refractivity contribution >= 4 is 65.0 Å². The van der Waals surface area contributed by atoms with E-state index in [1.807, 2.05) is 84.9 Å². The van der Waals surface area contributed by atoms with Gasteiger partial charge in [-0.2, -0.15) is 0 Å². The molecular weight excluding hydrogens is 569 g/mol. The number of hydrogen-bond donors (Lipinski definition) is 0. The van der Waals surface area contributed by atoms with Gasteiger partial charge in [0.05, 0.1) is 8.22 Å². The Labute approximate surface area is 280 Å². The van der Waals surface area contributed by atoms with Gasteiger partial charge in [-0.25, -0.2) is 0 Å². The van der Waals surface area contributed by atoms with Crippen molar-refractivity contribution in [3.8, 4) is 33.4 Å². The van der Waals surface area contributed by atoms with E-state index in [-0.39, 0.29) is 34.9 Å². The molecule has 47 heavy (non-hydrogen) atoms. The predicted octanol–water partition coefficient (Wildman–Crippen LogP) is 13.2. The normalized spacial score (nSPS) is 13.6. The SMILES string of the molecule is [2H]c1c([2H])c([2H])c2c(-c3c4ccccc4c(-c4ccc5oc6c7ccccc7ccc6c5c4)c4ccccc34)c([2H])c(-c3ccccc3)c([2H])c2c1[2H]. The summed E-state index contributed by atoms with van der Waals surface area (Å²) in [6.45, 7) is 0. The van der Waals surface area contributed by atoms with Gasteiger partial charge in [0.15, 0.2) is 0 Å². The van der Waals surface area contributed by atoms with Crippen LogP contribution in [-0.4, -0.2) is 0 Å². The Morgan fingerprint density at radius 3 is 1.83 bits per heavy atom. The lowest BCUT2D eigenvalue weighted by atomic mass is 9.83. The van der Waals surface area contributed by atoms with E-state index >= 15 is 0 Å². The van der Waals surface area contributed by atoms with Gasteiger partial charge in [0.25, 0.3) is 0 Å². The molecule has 10 aromatic rings. The lowest BCUT2D eigenvalue weighted by Gasteiger charge is -2.19. The minimum absolute atomic E-state index is 0.0419. The zero-order valence-corrected chi connectivity index (χ0v) is 25.1. The van der Waals surface area contributed by atoms with Crippen LogP contribution in [0.1, 0.15) is 8.22 Å². The zero-order chi connectivity index (χ0) is 36.1. The first-order valence-electron chi connectivity index (χ1n) is 18.7. The molecule has 1 heteroatoms. The number of hydrogen-bond acceptors (Lipinski definition) is 1. The fourth-order valence-corrected chi connectivity index (χ4v) is 7.24. The molecule has 0 radical (unpaired) electrons. The summed E-state index contributed by atoms with van der Waals surface area (Å²) in [7, 11) is 0. The summed E-state index contributed by atoms with van der Waals surface area (Å²) in [5.41, 5.74) is 5.69. The van der Waals surface area contributed by atoms with Crippen LogP contribution in [0.15, 0.2) is 174 Å². The molecule has 0 fully saturated rings. The number of furan rings is 1. The molecule has 0 saturated heterocycles. The van der Waals surface area contributed by atoms with Crippen molar-refractivity contribution in [2.75, 3.05) is 0 Å². The van der Waals surface area contributed by atoms with E-state index in [0.717, 1.165) is 65.4 Å². The van der Waals surface area contributed by atoms with Gasteiger partial charge in [0.1, 0.15) is 11.2 Å². The van der Waals surface area contributed by atoms with E-state index < -0.39 is 12.1 Å². The summed E-state index contributed by atoms with van der Waals surface area (Å²) in [5, 5.41) is 8.04. The van der Waals surface area contributed by atoms with Crippen molar-refractivity contribution in [3.63, 3.8) is 0 Å². The Bertz CT molecular complexity index is 3130. The van der Waals surface area contributed by atoms with E-state index in [9.17, 15) is 4.11 Å². The van der Waals surface area contributed by atoms with Crippen LogP contribution in [0.3, 0.4) is 0 Å². The molecule has 0 saturated carbocycles. The largest absolute Gasteiger partial charge is 0.455 e. The van der Waals surface area contributed by atoms with Crippen LogP contribution in [0.4, 0.5) is 0 Å². The van der Waals surface area contributed by atoms with E-state index in [2.05, 4.69) is 48.5 Å². The fourth-order valence-electron chi connectivity index (χ4n) is 7.24. The van der Waals surface area contributed by atoms with Crippen LogP contribution >= 0.6 is 0 Å². The number of rotatable bonds is 3. The highest BCUT2D eigenvalue weighted by Gasteiger charge is 2.20. The molecule has 218 valence electrons. The van der Waals surface area contributed by atoms with E-state index in [4.69, 9.17) is 8.53 Å². The summed E-state index contributed by atoms with van der Waals surface area (Å²) in [6, 6.07) is 42.7. The number of benzene rings is 9. The lowest BCUT2D eigenvalue weighted by Crippen LogP contribution is -1.92. The summed E-state index contributed by atoms with van der Waals surface area (Å²) < 4.78 is 61.1. The molecule has 1 heterocycles. The second-order valence-electron chi connectivity index (χ2n) is 11.9. The second kappa shape index (κ2) is 10.2. The Kier molecular flexibility index (Phi) is 4.49. The van der Waals surface area contributed by atoms with Crippen LogP contribution in [-0.2, 0) is 0 Å². The highest BCUT2D eigenvalue weighted by Crippen LogP contribution is 2.47. The van der Waals surface area contributed by atoms with Crippen molar-refractivity contribution in [2.45, 2.75) is 0 Å². The maximum Gasteiger partial charge on any atom is 0.143 e. The van der Waals surface area contributed by atoms with Gasteiger partial charge in [-0.15, -0.1) is 0 Å². The number of fused-ring (bicyclic) bond motifs is 8. The Morgan fingerprint density at radius 1 is 0.404 bits per heavy atom. The summed E-state index contributed by atoms with van der Waals surface area (Å²) in [6.07, 6.45) is 0. The molecule has 0 bridgehead atoms. The first-order chi connectivity index (χ1) is 25.8. The third-order valence-electron chi connectivity index (χ3n) is 9.33. The van der Waals surface area contributed by atoms with E-state index in [1.54, 1.807) is 0 Å². The van der Waals surface area contributed by atoms with Crippen molar-refractivity contribution in [1.29, 1.82) is 0 Å². The highest BCUT2D eigenvalue weighted by atomic mass is 16.3. The van der Waals surface area contributed by atoms with Crippen molar-refractivity contribution < 1.29 is 12.6 Å².